The predicted molar refractivity (Wildman–Crippen MR) is 63.0 cm³/mol. The molecule has 4 nitrogen and oxygen atoms in total. The Kier molecular flexibility index (Phi) is 3.78. The first-order valence-electron chi connectivity index (χ1n) is 5.34. The number of aromatic nitrogens is 2. The summed E-state index contributed by atoms with van der Waals surface area (Å²) in [5, 5.41) is 19.2. The van der Waals surface area contributed by atoms with Crippen molar-refractivity contribution < 1.29 is 13.9 Å². The number of rotatable bonds is 4. The molecule has 0 saturated carbocycles. The third-order valence-electron chi connectivity index (χ3n) is 2.30. The lowest BCUT2D eigenvalue weighted by molar-refractivity contribution is 0.311. The lowest BCUT2D eigenvalue weighted by Crippen LogP contribution is -2.07. The molecular formula is C12H11F2N3O. The van der Waals surface area contributed by atoms with E-state index in [-0.39, 0.29) is 6.61 Å². The van der Waals surface area contributed by atoms with E-state index < -0.39 is 11.6 Å². The van der Waals surface area contributed by atoms with Gasteiger partial charge in [0, 0.05) is 12.1 Å². The zero-order chi connectivity index (χ0) is 13.0. The quantitative estimate of drug-likeness (QED) is 0.870. The van der Waals surface area contributed by atoms with Gasteiger partial charge < -0.3 is 10.4 Å². The second-order valence-electron chi connectivity index (χ2n) is 3.58. The van der Waals surface area contributed by atoms with Crippen molar-refractivity contribution in [1.82, 2.24) is 10.2 Å². The zero-order valence-corrected chi connectivity index (χ0v) is 9.40. The predicted octanol–water partition coefficient (Wildman–Crippen LogP) is 1.83. The van der Waals surface area contributed by atoms with E-state index in [1.807, 2.05) is 0 Å². The van der Waals surface area contributed by atoms with E-state index in [2.05, 4.69) is 15.5 Å². The number of nitrogens with zero attached hydrogens (tertiary/aromatic N) is 2. The van der Waals surface area contributed by atoms with Crippen molar-refractivity contribution >= 4 is 5.82 Å². The highest BCUT2D eigenvalue weighted by atomic mass is 19.2. The van der Waals surface area contributed by atoms with Gasteiger partial charge in [-0.05, 0) is 30.3 Å². The first kappa shape index (κ1) is 12.4. The van der Waals surface area contributed by atoms with E-state index >= 15 is 0 Å². The molecule has 0 saturated heterocycles. The summed E-state index contributed by atoms with van der Waals surface area (Å²) in [5.41, 5.74) is 0.901. The van der Waals surface area contributed by atoms with Crippen LogP contribution >= 0.6 is 0 Å². The summed E-state index contributed by atoms with van der Waals surface area (Å²) in [5.74, 6) is -1.31. The Bertz CT molecular complexity index is 531. The molecule has 18 heavy (non-hydrogen) atoms. The summed E-state index contributed by atoms with van der Waals surface area (Å²) < 4.78 is 25.8. The zero-order valence-electron chi connectivity index (χ0n) is 9.40. The summed E-state index contributed by atoms with van der Waals surface area (Å²) in [6, 6.07) is 6.84. The molecular weight excluding hydrogens is 240 g/mol. The molecule has 2 aromatic rings. The van der Waals surface area contributed by atoms with Crippen molar-refractivity contribution in [3.63, 3.8) is 0 Å². The third-order valence-corrected chi connectivity index (χ3v) is 2.30. The van der Waals surface area contributed by atoms with Gasteiger partial charge in [-0.15, -0.1) is 10.2 Å². The minimum atomic E-state index is -0.920. The minimum Gasteiger partial charge on any atom is -0.395 e. The van der Waals surface area contributed by atoms with Crippen molar-refractivity contribution in [3.05, 3.63) is 42.0 Å². The number of hydrogen-bond donors (Lipinski definition) is 2. The van der Waals surface area contributed by atoms with Gasteiger partial charge in [-0.25, -0.2) is 8.78 Å². The van der Waals surface area contributed by atoms with Crippen LogP contribution in [0.4, 0.5) is 14.6 Å². The monoisotopic (exact) mass is 251 g/mol. The van der Waals surface area contributed by atoms with Gasteiger partial charge in [0.05, 0.1) is 12.3 Å². The normalized spacial score (nSPS) is 10.4. The Labute approximate surface area is 102 Å². The number of aliphatic hydroxyl groups excluding tert-OH is 1. The molecule has 0 aliphatic carbocycles. The highest BCUT2D eigenvalue weighted by Crippen LogP contribution is 2.19. The van der Waals surface area contributed by atoms with Gasteiger partial charge in [0.2, 0.25) is 0 Å². The smallest absolute Gasteiger partial charge is 0.159 e. The van der Waals surface area contributed by atoms with E-state index in [1.54, 1.807) is 12.1 Å². The number of hydrogen-bond acceptors (Lipinski definition) is 4. The molecule has 1 aromatic heterocycles. The Balaban J connectivity index is 2.20. The van der Waals surface area contributed by atoms with Crippen molar-refractivity contribution in [1.29, 1.82) is 0 Å². The number of anilines is 1. The summed E-state index contributed by atoms with van der Waals surface area (Å²) in [6.07, 6.45) is 0. The van der Waals surface area contributed by atoms with Crippen LogP contribution in [0, 0.1) is 11.6 Å². The maximum absolute atomic E-state index is 13.0. The average molecular weight is 251 g/mol. The van der Waals surface area contributed by atoms with E-state index in [1.165, 1.54) is 6.07 Å². The molecule has 2 rings (SSSR count). The molecule has 1 aromatic carbocycles. The van der Waals surface area contributed by atoms with Gasteiger partial charge >= 0.3 is 0 Å². The highest BCUT2D eigenvalue weighted by Gasteiger charge is 2.06. The topological polar surface area (TPSA) is 58.0 Å². The molecule has 0 unspecified atom stereocenters. The lowest BCUT2D eigenvalue weighted by atomic mass is 10.1. The van der Waals surface area contributed by atoms with Crippen LogP contribution in [-0.2, 0) is 0 Å². The molecule has 1 heterocycles. The standard InChI is InChI=1S/C12H11F2N3O/c13-9-2-1-8(7-10(9)14)11-3-4-12(17-16-11)15-5-6-18/h1-4,7,18H,5-6H2,(H,15,17). The molecule has 2 N–H and O–H groups in total. The molecule has 0 aliphatic rings. The number of halogens is 2. The highest BCUT2D eigenvalue weighted by molar-refractivity contribution is 5.59. The van der Waals surface area contributed by atoms with Crippen LogP contribution in [0.3, 0.4) is 0 Å². The Morgan fingerprint density at radius 2 is 1.89 bits per heavy atom. The molecule has 6 heteroatoms. The summed E-state index contributed by atoms with van der Waals surface area (Å²) >= 11 is 0. The van der Waals surface area contributed by atoms with Crippen LogP contribution in [0.15, 0.2) is 30.3 Å². The van der Waals surface area contributed by atoms with Crippen molar-refractivity contribution in [3.8, 4) is 11.3 Å². The van der Waals surface area contributed by atoms with Gasteiger partial charge in [0.25, 0.3) is 0 Å². The molecule has 0 spiro atoms. The molecule has 0 atom stereocenters. The second-order valence-corrected chi connectivity index (χ2v) is 3.58. The van der Waals surface area contributed by atoms with Crippen LogP contribution in [-0.4, -0.2) is 28.5 Å². The van der Waals surface area contributed by atoms with Crippen LogP contribution in [0.1, 0.15) is 0 Å². The summed E-state index contributed by atoms with van der Waals surface area (Å²) in [4.78, 5) is 0. The summed E-state index contributed by atoms with van der Waals surface area (Å²) in [7, 11) is 0. The van der Waals surface area contributed by atoms with E-state index in [0.29, 0.717) is 23.6 Å². The third kappa shape index (κ3) is 2.78. The number of nitrogens with one attached hydrogen (secondary N) is 1. The fourth-order valence-corrected chi connectivity index (χ4v) is 1.42. The Morgan fingerprint density at radius 3 is 2.50 bits per heavy atom. The largest absolute Gasteiger partial charge is 0.395 e. The van der Waals surface area contributed by atoms with Crippen molar-refractivity contribution in [2.24, 2.45) is 0 Å². The summed E-state index contributed by atoms with van der Waals surface area (Å²) in [6.45, 7) is 0.367. The minimum absolute atomic E-state index is 0.00734. The van der Waals surface area contributed by atoms with Crippen molar-refractivity contribution in [2.75, 3.05) is 18.5 Å². The van der Waals surface area contributed by atoms with Gasteiger partial charge in [0.15, 0.2) is 11.6 Å². The molecule has 0 fully saturated rings. The molecule has 0 amide bonds. The van der Waals surface area contributed by atoms with Gasteiger partial charge in [-0.3, -0.25) is 0 Å². The number of aliphatic hydroxyl groups is 1. The van der Waals surface area contributed by atoms with E-state index in [9.17, 15) is 8.78 Å². The van der Waals surface area contributed by atoms with Crippen LogP contribution < -0.4 is 5.32 Å². The fourth-order valence-electron chi connectivity index (χ4n) is 1.42. The Morgan fingerprint density at radius 1 is 1.06 bits per heavy atom. The first-order chi connectivity index (χ1) is 8.70. The maximum atomic E-state index is 13.0. The van der Waals surface area contributed by atoms with Crippen LogP contribution in [0.2, 0.25) is 0 Å². The van der Waals surface area contributed by atoms with Gasteiger partial charge in [0.1, 0.15) is 5.82 Å². The molecule has 0 bridgehead atoms. The molecule has 0 aliphatic heterocycles. The van der Waals surface area contributed by atoms with E-state index in [0.717, 1.165) is 12.1 Å². The molecule has 0 radical (unpaired) electrons. The second kappa shape index (κ2) is 5.50. The van der Waals surface area contributed by atoms with Crippen molar-refractivity contribution in [2.45, 2.75) is 0 Å². The maximum Gasteiger partial charge on any atom is 0.159 e. The Hall–Kier alpha value is -2.08. The fraction of sp³-hybridized carbons (Fsp3) is 0.167. The SMILES string of the molecule is OCCNc1ccc(-c2ccc(F)c(F)c2)nn1. The average Bonchev–Trinajstić information content (AvgIpc) is 2.40. The van der Waals surface area contributed by atoms with Gasteiger partial charge in [-0.1, -0.05) is 0 Å². The van der Waals surface area contributed by atoms with Crippen LogP contribution in [0.5, 0.6) is 0 Å². The van der Waals surface area contributed by atoms with Gasteiger partial charge in [-0.2, -0.15) is 0 Å². The number of benzene rings is 1. The van der Waals surface area contributed by atoms with Crippen LogP contribution in [0.25, 0.3) is 11.3 Å². The first-order valence-corrected chi connectivity index (χ1v) is 5.34. The molecule has 94 valence electrons. The lowest BCUT2D eigenvalue weighted by Gasteiger charge is -2.04. The van der Waals surface area contributed by atoms with E-state index in [4.69, 9.17) is 5.11 Å².